The Morgan fingerprint density at radius 1 is 1.29 bits per heavy atom. The third kappa shape index (κ3) is 2.41. The Kier molecular flexibility index (Phi) is 3.62. The summed E-state index contributed by atoms with van der Waals surface area (Å²) in [7, 11) is 0. The molecule has 0 amide bonds. The predicted molar refractivity (Wildman–Crippen MR) is 68.1 cm³/mol. The lowest BCUT2D eigenvalue weighted by molar-refractivity contribution is -0.155. The molecule has 2 nitrogen and oxygen atoms in total. The third-order valence-corrected chi connectivity index (χ3v) is 3.16. The van der Waals surface area contributed by atoms with E-state index in [1.807, 2.05) is 25.1 Å². The highest BCUT2D eigenvalue weighted by Crippen LogP contribution is 2.36. The Hall–Kier alpha value is -1.57. The van der Waals surface area contributed by atoms with Gasteiger partial charge in [-0.25, -0.2) is 0 Å². The number of cyclic esters (lactones) is 1. The average Bonchev–Trinajstić information content (AvgIpc) is 2.39. The molecular formula is C15H18O2. The van der Waals surface area contributed by atoms with E-state index in [9.17, 15) is 4.79 Å². The fraction of sp³-hybridized carbons (Fsp3) is 0.400. The first-order chi connectivity index (χ1) is 8.24. The quantitative estimate of drug-likeness (QED) is 0.736. The van der Waals surface area contributed by atoms with Crippen molar-refractivity contribution in [2.45, 2.75) is 33.1 Å². The van der Waals surface area contributed by atoms with Gasteiger partial charge in [-0.1, -0.05) is 43.7 Å². The molecule has 1 aromatic rings. The molecule has 17 heavy (non-hydrogen) atoms. The molecule has 0 spiro atoms. The van der Waals surface area contributed by atoms with Crippen LogP contribution in [0, 0.1) is 5.92 Å². The summed E-state index contributed by atoms with van der Waals surface area (Å²) in [5.74, 6) is 0.696. The molecule has 0 saturated carbocycles. The highest BCUT2D eigenvalue weighted by molar-refractivity contribution is 5.88. The van der Waals surface area contributed by atoms with Crippen LogP contribution < -0.4 is 0 Å². The Morgan fingerprint density at radius 3 is 2.53 bits per heavy atom. The molecule has 1 saturated heterocycles. The Morgan fingerprint density at radius 2 is 2.00 bits per heavy atom. The van der Waals surface area contributed by atoms with Crippen molar-refractivity contribution in [2.24, 2.45) is 5.92 Å². The van der Waals surface area contributed by atoms with Crippen LogP contribution in [-0.2, 0) is 9.53 Å². The largest absolute Gasteiger partial charge is 0.429 e. The molecule has 1 aliphatic heterocycles. The van der Waals surface area contributed by atoms with E-state index in [4.69, 9.17) is 4.74 Å². The highest BCUT2D eigenvalue weighted by atomic mass is 16.6. The van der Waals surface area contributed by atoms with Gasteiger partial charge in [0, 0.05) is 0 Å². The standard InChI is InChI=1S/C15H18O2/c1-3-4-10-13(12-8-6-5-7-9-12)14-11(2)15(16)17-14/h5-9,11H,3-4,10H2,1-2H3/b14-13+. The van der Waals surface area contributed by atoms with E-state index in [0.29, 0.717) is 0 Å². The van der Waals surface area contributed by atoms with Crippen molar-refractivity contribution in [3.8, 4) is 0 Å². The number of esters is 1. The Balaban J connectivity index is 2.29. The number of benzene rings is 1. The first kappa shape index (κ1) is 11.9. The first-order valence-corrected chi connectivity index (χ1v) is 6.24. The monoisotopic (exact) mass is 230 g/mol. The van der Waals surface area contributed by atoms with E-state index in [2.05, 4.69) is 19.1 Å². The van der Waals surface area contributed by atoms with Crippen LogP contribution in [0.4, 0.5) is 0 Å². The molecule has 2 rings (SSSR count). The molecular weight excluding hydrogens is 212 g/mol. The smallest absolute Gasteiger partial charge is 0.321 e. The van der Waals surface area contributed by atoms with Crippen LogP contribution in [0.25, 0.3) is 5.57 Å². The topological polar surface area (TPSA) is 26.3 Å². The number of carbonyl (C=O) groups is 1. The zero-order valence-electron chi connectivity index (χ0n) is 10.4. The van der Waals surface area contributed by atoms with Gasteiger partial charge in [0.15, 0.2) is 0 Å². The van der Waals surface area contributed by atoms with Gasteiger partial charge in [0.05, 0.1) is 0 Å². The van der Waals surface area contributed by atoms with Gasteiger partial charge in [-0.2, -0.15) is 0 Å². The number of rotatable bonds is 4. The molecule has 2 heteroatoms. The second-order valence-corrected chi connectivity index (χ2v) is 4.46. The van der Waals surface area contributed by atoms with Gasteiger partial charge in [-0.05, 0) is 30.9 Å². The predicted octanol–water partition coefficient (Wildman–Crippen LogP) is 3.78. The molecule has 1 atom stereocenters. The van der Waals surface area contributed by atoms with Crippen molar-refractivity contribution in [1.82, 2.24) is 0 Å². The van der Waals surface area contributed by atoms with Gasteiger partial charge in [-0.3, -0.25) is 4.79 Å². The van der Waals surface area contributed by atoms with Gasteiger partial charge >= 0.3 is 5.97 Å². The summed E-state index contributed by atoms with van der Waals surface area (Å²) in [6.07, 6.45) is 3.25. The van der Waals surface area contributed by atoms with E-state index in [1.165, 1.54) is 11.1 Å². The molecule has 1 unspecified atom stereocenters. The van der Waals surface area contributed by atoms with Crippen molar-refractivity contribution in [2.75, 3.05) is 0 Å². The lowest BCUT2D eigenvalue weighted by Gasteiger charge is -2.28. The van der Waals surface area contributed by atoms with E-state index in [-0.39, 0.29) is 11.9 Å². The lowest BCUT2D eigenvalue weighted by atomic mass is 9.92. The maximum Gasteiger partial charge on any atom is 0.321 e. The normalized spacial score (nSPS) is 21.8. The van der Waals surface area contributed by atoms with Gasteiger partial charge in [-0.15, -0.1) is 0 Å². The molecule has 1 fully saturated rings. The summed E-state index contributed by atoms with van der Waals surface area (Å²) in [5.41, 5.74) is 2.37. The molecule has 90 valence electrons. The fourth-order valence-electron chi connectivity index (χ4n) is 2.06. The van der Waals surface area contributed by atoms with Crippen LogP contribution in [0.15, 0.2) is 36.1 Å². The van der Waals surface area contributed by atoms with Crippen molar-refractivity contribution in [1.29, 1.82) is 0 Å². The lowest BCUT2D eigenvalue weighted by Crippen LogP contribution is -2.30. The Labute approximate surface area is 102 Å². The van der Waals surface area contributed by atoms with Gasteiger partial charge in [0.25, 0.3) is 0 Å². The van der Waals surface area contributed by atoms with E-state index in [1.54, 1.807) is 0 Å². The number of unbranched alkanes of at least 4 members (excludes halogenated alkanes) is 1. The number of hydrogen-bond donors (Lipinski definition) is 0. The maximum absolute atomic E-state index is 11.2. The zero-order valence-corrected chi connectivity index (χ0v) is 10.4. The van der Waals surface area contributed by atoms with Crippen LogP contribution in [-0.4, -0.2) is 5.97 Å². The van der Waals surface area contributed by atoms with Gasteiger partial charge in [0.1, 0.15) is 11.7 Å². The Bertz CT molecular complexity index is 431. The summed E-state index contributed by atoms with van der Waals surface area (Å²) in [6.45, 7) is 4.08. The first-order valence-electron chi connectivity index (χ1n) is 6.24. The summed E-state index contributed by atoms with van der Waals surface area (Å²) in [6, 6.07) is 10.2. The van der Waals surface area contributed by atoms with E-state index >= 15 is 0 Å². The minimum Gasteiger partial charge on any atom is -0.429 e. The van der Waals surface area contributed by atoms with Crippen molar-refractivity contribution in [3.05, 3.63) is 41.7 Å². The molecule has 0 aromatic heterocycles. The minimum absolute atomic E-state index is 0.0675. The van der Waals surface area contributed by atoms with Gasteiger partial charge < -0.3 is 4.74 Å². The van der Waals surface area contributed by atoms with Crippen molar-refractivity contribution >= 4 is 11.5 Å². The summed E-state index contributed by atoms with van der Waals surface area (Å²) in [5, 5.41) is 0. The fourth-order valence-corrected chi connectivity index (χ4v) is 2.06. The SMILES string of the molecule is CCCC/C(=C1\OC(=O)C1C)c1ccccc1. The van der Waals surface area contributed by atoms with Gasteiger partial charge in [0.2, 0.25) is 0 Å². The van der Waals surface area contributed by atoms with Crippen molar-refractivity contribution in [3.63, 3.8) is 0 Å². The van der Waals surface area contributed by atoms with Crippen LogP contribution >= 0.6 is 0 Å². The number of hydrogen-bond acceptors (Lipinski definition) is 2. The second kappa shape index (κ2) is 5.17. The second-order valence-electron chi connectivity index (χ2n) is 4.46. The molecule has 0 bridgehead atoms. The van der Waals surface area contributed by atoms with Crippen molar-refractivity contribution < 1.29 is 9.53 Å². The summed E-state index contributed by atoms with van der Waals surface area (Å²) < 4.78 is 5.21. The number of carbonyl (C=O) groups excluding carboxylic acids is 1. The number of allylic oxidation sites excluding steroid dienone is 1. The maximum atomic E-state index is 11.2. The third-order valence-electron chi connectivity index (χ3n) is 3.16. The average molecular weight is 230 g/mol. The zero-order chi connectivity index (χ0) is 12.3. The van der Waals surface area contributed by atoms with Crippen LogP contribution in [0.2, 0.25) is 0 Å². The van der Waals surface area contributed by atoms with E-state index < -0.39 is 0 Å². The van der Waals surface area contributed by atoms with Crippen LogP contribution in [0.1, 0.15) is 38.7 Å². The molecule has 1 aromatic carbocycles. The molecule has 0 aliphatic carbocycles. The molecule has 0 N–H and O–H groups in total. The van der Waals surface area contributed by atoms with Crippen LogP contribution in [0.3, 0.4) is 0 Å². The van der Waals surface area contributed by atoms with Crippen LogP contribution in [0.5, 0.6) is 0 Å². The number of ether oxygens (including phenoxy) is 1. The summed E-state index contributed by atoms with van der Waals surface area (Å²) >= 11 is 0. The highest BCUT2D eigenvalue weighted by Gasteiger charge is 2.35. The molecule has 1 heterocycles. The molecule has 1 aliphatic rings. The summed E-state index contributed by atoms with van der Waals surface area (Å²) in [4.78, 5) is 11.2. The molecule has 0 radical (unpaired) electrons. The van der Waals surface area contributed by atoms with E-state index in [0.717, 1.165) is 25.0 Å². The minimum atomic E-state index is -0.107.